The summed E-state index contributed by atoms with van der Waals surface area (Å²) in [4.78, 5) is 20.1. The third-order valence-electron chi connectivity index (χ3n) is 5.49. The lowest BCUT2D eigenvalue weighted by Gasteiger charge is -2.28. The monoisotopic (exact) mass is 416 g/mol. The van der Waals surface area contributed by atoms with Crippen molar-refractivity contribution in [3.63, 3.8) is 0 Å². The number of morpholine rings is 1. The molecular weight excluding hydrogens is 394 g/mol. The van der Waals surface area contributed by atoms with Gasteiger partial charge in [-0.2, -0.15) is 15.0 Å². The van der Waals surface area contributed by atoms with Gasteiger partial charge in [0, 0.05) is 32.2 Å². The van der Waals surface area contributed by atoms with E-state index in [-0.39, 0.29) is 17.7 Å². The van der Waals surface area contributed by atoms with Crippen LogP contribution in [0, 0.1) is 0 Å². The normalized spacial score (nSPS) is 18.4. The van der Waals surface area contributed by atoms with Gasteiger partial charge in [-0.3, -0.25) is 4.57 Å². The number of benzene rings is 1. The molecule has 8 nitrogen and oxygen atoms in total. The Hall–Kier alpha value is -2.72. The van der Waals surface area contributed by atoms with Crippen LogP contribution in [0.15, 0.2) is 24.3 Å². The van der Waals surface area contributed by atoms with Crippen LogP contribution in [0.4, 0.5) is 14.7 Å². The fourth-order valence-electron chi connectivity index (χ4n) is 3.91. The highest BCUT2D eigenvalue weighted by Gasteiger charge is 2.27. The maximum atomic E-state index is 13.9. The van der Waals surface area contributed by atoms with Crippen LogP contribution >= 0.6 is 0 Å². The van der Waals surface area contributed by atoms with Crippen molar-refractivity contribution in [3.05, 3.63) is 35.9 Å². The molecule has 0 spiro atoms. The number of para-hydroxylation sites is 2. The number of rotatable bonds is 4. The highest BCUT2D eigenvalue weighted by molar-refractivity contribution is 5.77. The summed E-state index contributed by atoms with van der Waals surface area (Å²) in [5.74, 6) is 1.01. The van der Waals surface area contributed by atoms with Gasteiger partial charge in [-0.1, -0.05) is 12.1 Å². The molecule has 0 aliphatic carbocycles. The topological polar surface area (TPSA) is 78.2 Å². The first kappa shape index (κ1) is 19.3. The molecule has 2 aliphatic heterocycles. The molecule has 0 unspecified atom stereocenters. The van der Waals surface area contributed by atoms with Gasteiger partial charge in [0.1, 0.15) is 5.82 Å². The summed E-state index contributed by atoms with van der Waals surface area (Å²) < 4.78 is 40.0. The Kier molecular flexibility index (Phi) is 5.26. The van der Waals surface area contributed by atoms with Gasteiger partial charge >= 0.3 is 0 Å². The zero-order valence-electron chi connectivity index (χ0n) is 16.4. The molecule has 0 saturated carbocycles. The minimum atomic E-state index is -2.76. The Morgan fingerprint density at radius 2 is 1.57 bits per heavy atom. The largest absolute Gasteiger partial charge is 0.381 e. The fraction of sp³-hybridized carbons (Fsp3) is 0.500. The molecule has 2 aromatic heterocycles. The number of anilines is 1. The zero-order valence-corrected chi connectivity index (χ0v) is 16.4. The second-order valence-electron chi connectivity index (χ2n) is 7.37. The van der Waals surface area contributed by atoms with Crippen molar-refractivity contribution >= 4 is 17.0 Å². The van der Waals surface area contributed by atoms with Crippen molar-refractivity contribution in [3.8, 4) is 5.95 Å². The zero-order chi connectivity index (χ0) is 20.5. The van der Waals surface area contributed by atoms with Gasteiger partial charge in [-0.15, -0.1) is 0 Å². The summed E-state index contributed by atoms with van der Waals surface area (Å²) in [5, 5.41) is 0. The second kappa shape index (κ2) is 8.19. The van der Waals surface area contributed by atoms with Crippen LogP contribution in [0.5, 0.6) is 0 Å². The quantitative estimate of drug-likeness (QED) is 0.647. The van der Waals surface area contributed by atoms with E-state index in [2.05, 4.69) is 15.0 Å². The van der Waals surface area contributed by atoms with Gasteiger partial charge in [-0.25, -0.2) is 13.8 Å². The van der Waals surface area contributed by atoms with Crippen LogP contribution in [-0.2, 0) is 9.47 Å². The molecule has 3 aromatic rings. The van der Waals surface area contributed by atoms with Gasteiger partial charge in [-0.05, 0) is 25.0 Å². The lowest BCUT2D eigenvalue weighted by atomic mass is 10.00. The molecule has 4 heterocycles. The van der Waals surface area contributed by atoms with Gasteiger partial charge in [0.05, 0.1) is 24.2 Å². The van der Waals surface area contributed by atoms with Gasteiger partial charge < -0.3 is 14.4 Å². The lowest BCUT2D eigenvalue weighted by molar-refractivity contribution is 0.0835. The predicted molar refractivity (Wildman–Crippen MR) is 105 cm³/mol. The minimum Gasteiger partial charge on any atom is -0.381 e. The van der Waals surface area contributed by atoms with E-state index in [1.165, 1.54) is 4.57 Å². The molecule has 0 bridgehead atoms. The van der Waals surface area contributed by atoms with Crippen molar-refractivity contribution in [2.75, 3.05) is 44.4 Å². The number of alkyl halides is 2. The van der Waals surface area contributed by atoms with Crippen LogP contribution in [0.3, 0.4) is 0 Å². The number of aromatic nitrogens is 5. The first-order chi connectivity index (χ1) is 14.7. The molecule has 0 N–H and O–H groups in total. The Balaban J connectivity index is 1.67. The second-order valence-corrected chi connectivity index (χ2v) is 7.37. The molecular formula is C20H22F2N6O2. The summed E-state index contributed by atoms with van der Waals surface area (Å²) in [7, 11) is 0. The Morgan fingerprint density at radius 3 is 2.33 bits per heavy atom. The van der Waals surface area contributed by atoms with Crippen molar-refractivity contribution in [1.82, 2.24) is 24.5 Å². The molecule has 0 radical (unpaired) electrons. The molecule has 5 rings (SSSR count). The van der Waals surface area contributed by atoms with Crippen molar-refractivity contribution in [1.29, 1.82) is 0 Å². The average molecular weight is 416 g/mol. The van der Waals surface area contributed by atoms with Gasteiger partial charge in [0.25, 0.3) is 6.43 Å². The molecule has 2 aliphatic rings. The number of hydrogen-bond acceptors (Lipinski definition) is 7. The molecule has 30 heavy (non-hydrogen) atoms. The van der Waals surface area contributed by atoms with Gasteiger partial charge in [0.2, 0.25) is 11.9 Å². The van der Waals surface area contributed by atoms with E-state index in [4.69, 9.17) is 14.5 Å². The molecule has 0 amide bonds. The number of halogens is 2. The third kappa shape index (κ3) is 3.61. The molecule has 2 fully saturated rings. The summed E-state index contributed by atoms with van der Waals surface area (Å²) in [6.07, 6.45) is -1.18. The summed E-state index contributed by atoms with van der Waals surface area (Å²) in [6.45, 7) is 3.70. The predicted octanol–water partition coefficient (Wildman–Crippen LogP) is 2.88. The smallest absolute Gasteiger partial charge is 0.296 e. The highest BCUT2D eigenvalue weighted by atomic mass is 19.3. The maximum Gasteiger partial charge on any atom is 0.296 e. The van der Waals surface area contributed by atoms with Crippen LogP contribution in [0.1, 0.15) is 36.8 Å². The molecule has 2 saturated heterocycles. The first-order valence-electron chi connectivity index (χ1n) is 10.1. The number of imidazole rings is 1. The average Bonchev–Trinajstić information content (AvgIpc) is 3.20. The Labute approximate surface area is 171 Å². The summed E-state index contributed by atoms with van der Waals surface area (Å²) in [5.41, 5.74) is 1.03. The molecule has 158 valence electrons. The molecule has 1 aromatic carbocycles. The van der Waals surface area contributed by atoms with Crippen LogP contribution in [0.2, 0.25) is 0 Å². The van der Waals surface area contributed by atoms with Crippen LogP contribution in [0.25, 0.3) is 17.0 Å². The molecule has 0 atom stereocenters. The maximum absolute atomic E-state index is 13.9. The first-order valence-corrected chi connectivity index (χ1v) is 10.1. The summed E-state index contributed by atoms with van der Waals surface area (Å²) >= 11 is 0. The molecule has 10 heteroatoms. The van der Waals surface area contributed by atoms with Crippen LogP contribution in [-0.4, -0.2) is 64.0 Å². The van der Waals surface area contributed by atoms with Gasteiger partial charge in [0.15, 0.2) is 5.82 Å². The Bertz CT molecular complexity index is 995. The lowest BCUT2D eigenvalue weighted by Crippen LogP contribution is -2.38. The number of ether oxygens (including phenoxy) is 2. The van der Waals surface area contributed by atoms with E-state index >= 15 is 0 Å². The Morgan fingerprint density at radius 1 is 0.867 bits per heavy atom. The highest BCUT2D eigenvalue weighted by Crippen LogP contribution is 2.30. The number of hydrogen-bond donors (Lipinski definition) is 0. The van der Waals surface area contributed by atoms with Crippen molar-refractivity contribution in [2.24, 2.45) is 0 Å². The van der Waals surface area contributed by atoms with Crippen molar-refractivity contribution in [2.45, 2.75) is 25.2 Å². The SMILES string of the molecule is FC(F)c1nc2ccccc2n1-c1nc(C2CCOCC2)nc(N2CCOCC2)n1. The van der Waals surface area contributed by atoms with E-state index in [1.54, 1.807) is 24.3 Å². The van der Waals surface area contributed by atoms with E-state index in [0.29, 0.717) is 62.3 Å². The third-order valence-corrected chi connectivity index (χ3v) is 5.49. The van der Waals surface area contributed by atoms with E-state index in [9.17, 15) is 8.78 Å². The fourth-order valence-corrected chi connectivity index (χ4v) is 3.91. The van der Waals surface area contributed by atoms with Crippen LogP contribution < -0.4 is 4.90 Å². The summed E-state index contributed by atoms with van der Waals surface area (Å²) in [6, 6.07) is 7.02. The van der Waals surface area contributed by atoms with E-state index in [0.717, 1.165) is 12.8 Å². The van der Waals surface area contributed by atoms with E-state index in [1.807, 2.05) is 4.90 Å². The minimum absolute atomic E-state index is 0.102. The number of fused-ring (bicyclic) bond motifs is 1. The van der Waals surface area contributed by atoms with Crippen molar-refractivity contribution < 1.29 is 18.3 Å². The van der Waals surface area contributed by atoms with E-state index < -0.39 is 6.43 Å². The standard InChI is InChI=1S/C20H22F2N6O2/c21-16(22)18-23-14-3-1-2-4-15(14)28(18)20-25-17(13-5-9-29-10-6-13)24-19(26-20)27-7-11-30-12-8-27/h1-4,13,16H,5-12H2. The number of nitrogens with zero attached hydrogens (tertiary/aromatic N) is 6.